The number of amides is 1. The molecule has 1 N–H and O–H groups in total. The summed E-state index contributed by atoms with van der Waals surface area (Å²) < 4.78 is 11.5. The minimum atomic E-state index is -0.766. The molecule has 0 bridgehead atoms. The highest BCUT2D eigenvalue weighted by molar-refractivity contribution is 6.06. The quantitative estimate of drug-likeness (QED) is 0.703. The van der Waals surface area contributed by atoms with Crippen LogP contribution in [0.3, 0.4) is 0 Å². The van der Waals surface area contributed by atoms with Crippen molar-refractivity contribution >= 4 is 22.4 Å². The maximum atomic E-state index is 12.8. The van der Waals surface area contributed by atoms with Gasteiger partial charge in [0.25, 0.3) is 5.91 Å². The Balaban J connectivity index is 1.87. The normalized spacial score (nSPS) is 16.4. The van der Waals surface area contributed by atoms with E-state index in [1.165, 1.54) is 0 Å². The maximum Gasteiger partial charge on any atom is 0.256 e. The first-order valence-electron chi connectivity index (χ1n) is 9.11. The Morgan fingerprint density at radius 2 is 1.92 bits per heavy atom. The van der Waals surface area contributed by atoms with E-state index in [4.69, 9.17) is 9.47 Å². The minimum Gasteiger partial charge on any atom is -0.493 e. The summed E-state index contributed by atoms with van der Waals surface area (Å²) in [6.07, 6.45) is 4.22. The van der Waals surface area contributed by atoms with Crippen LogP contribution in [-0.2, 0) is 9.53 Å². The predicted molar refractivity (Wildman–Crippen MR) is 101 cm³/mol. The maximum absolute atomic E-state index is 12.8. The van der Waals surface area contributed by atoms with Gasteiger partial charge in [-0.1, -0.05) is 37.6 Å². The van der Waals surface area contributed by atoms with Gasteiger partial charge in [-0.15, -0.1) is 0 Å². The van der Waals surface area contributed by atoms with Gasteiger partial charge >= 0.3 is 0 Å². The van der Waals surface area contributed by atoms with Gasteiger partial charge in [-0.3, -0.25) is 4.79 Å². The minimum absolute atomic E-state index is 0.0812. The first kappa shape index (κ1) is 17.7. The lowest BCUT2D eigenvalue weighted by molar-refractivity contribution is -0.138. The van der Waals surface area contributed by atoms with E-state index in [2.05, 4.69) is 12.2 Å². The number of rotatable bonds is 8. The number of benzene rings is 2. The molecule has 0 aliphatic heterocycles. The zero-order chi connectivity index (χ0) is 17.9. The summed E-state index contributed by atoms with van der Waals surface area (Å²) in [6, 6.07) is 11.9. The summed E-state index contributed by atoms with van der Waals surface area (Å²) in [4.78, 5) is 12.8. The number of ether oxygens (including phenoxy) is 2. The molecule has 1 aliphatic rings. The smallest absolute Gasteiger partial charge is 0.256 e. The molecule has 0 spiro atoms. The second kappa shape index (κ2) is 7.44. The molecule has 0 radical (unpaired) electrons. The number of hydrogen-bond donors (Lipinski definition) is 1. The molecule has 0 aromatic heterocycles. The van der Waals surface area contributed by atoms with Gasteiger partial charge in [0.2, 0.25) is 0 Å². The third-order valence-electron chi connectivity index (χ3n) is 5.12. The van der Waals surface area contributed by atoms with E-state index < -0.39 is 5.60 Å². The lowest BCUT2D eigenvalue weighted by Crippen LogP contribution is -2.44. The number of unbranched alkanes of at least 4 members (excludes halogenated alkanes) is 1. The first-order chi connectivity index (χ1) is 12.1. The summed E-state index contributed by atoms with van der Waals surface area (Å²) in [6.45, 7) is 4.73. The van der Waals surface area contributed by atoms with Gasteiger partial charge in [0.05, 0.1) is 6.61 Å². The third-order valence-corrected chi connectivity index (χ3v) is 5.12. The van der Waals surface area contributed by atoms with Crippen LogP contribution in [0.1, 0.15) is 39.5 Å². The van der Waals surface area contributed by atoms with Gasteiger partial charge in [-0.2, -0.15) is 0 Å². The molecule has 3 rings (SSSR count). The molecular formula is C21H27NO3. The summed E-state index contributed by atoms with van der Waals surface area (Å²) >= 11 is 0. The van der Waals surface area contributed by atoms with Crippen LogP contribution < -0.4 is 10.1 Å². The van der Waals surface area contributed by atoms with Crippen LogP contribution >= 0.6 is 0 Å². The number of nitrogens with one attached hydrogen (secondary N) is 1. The Morgan fingerprint density at radius 3 is 2.56 bits per heavy atom. The van der Waals surface area contributed by atoms with Crippen molar-refractivity contribution in [2.24, 2.45) is 5.92 Å². The van der Waals surface area contributed by atoms with Crippen LogP contribution in [0, 0.1) is 5.92 Å². The molecule has 25 heavy (non-hydrogen) atoms. The molecule has 0 heterocycles. The lowest BCUT2D eigenvalue weighted by Gasteiger charge is -2.27. The molecule has 2 aromatic carbocycles. The largest absolute Gasteiger partial charge is 0.493 e. The summed E-state index contributed by atoms with van der Waals surface area (Å²) in [5.74, 6) is 1.08. The molecule has 0 saturated heterocycles. The molecule has 2 aromatic rings. The average Bonchev–Trinajstić information content (AvgIpc) is 3.48. The van der Waals surface area contributed by atoms with Gasteiger partial charge in [0.15, 0.2) is 0 Å². The molecule has 1 unspecified atom stereocenters. The van der Waals surface area contributed by atoms with Gasteiger partial charge in [-0.25, -0.2) is 0 Å². The number of hydrogen-bond acceptors (Lipinski definition) is 3. The highest BCUT2D eigenvalue weighted by atomic mass is 16.5. The Kier molecular flexibility index (Phi) is 5.28. The fraction of sp³-hybridized carbons (Fsp3) is 0.476. The number of carbonyl (C=O) groups is 1. The monoisotopic (exact) mass is 341 g/mol. The Labute approximate surface area is 149 Å². The molecule has 4 nitrogen and oxygen atoms in total. The number of methoxy groups -OCH3 is 1. The fourth-order valence-electron chi connectivity index (χ4n) is 3.16. The summed E-state index contributed by atoms with van der Waals surface area (Å²) in [5.41, 5.74) is 0.0320. The van der Waals surface area contributed by atoms with E-state index in [0.717, 1.165) is 47.9 Å². The molecule has 1 saturated carbocycles. The number of anilines is 1. The van der Waals surface area contributed by atoms with Crippen LogP contribution in [0.5, 0.6) is 5.75 Å². The van der Waals surface area contributed by atoms with Crippen molar-refractivity contribution in [3.63, 3.8) is 0 Å². The van der Waals surface area contributed by atoms with Crippen LogP contribution in [0.2, 0.25) is 0 Å². The van der Waals surface area contributed by atoms with Crippen molar-refractivity contribution in [2.45, 2.75) is 45.1 Å². The second-order valence-electron chi connectivity index (χ2n) is 6.90. The van der Waals surface area contributed by atoms with E-state index in [0.29, 0.717) is 12.5 Å². The van der Waals surface area contributed by atoms with E-state index in [9.17, 15) is 4.79 Å². The van der Waals surface area contributed by atoms with Crippen LogP contribution in [-0.4, -0.2) is 25.2 Å². The molecule has 134 valence electrons. The van der Waals surface area contributed by atoms with Gasteiger partial charge in [0.1, 0.15) is 11.4 Å². The Hall–Kier alpha value is -2.07. The van der Waals surface area contributed by atoms with Crippen molar-refractivity contribution in [3.8, 4) is 5.75 Å². The summed E-state index contributed by atoms with van der Waals surface area (Å²) in [7, 11) is 1.61. The average molecular weight is 341 g/mol. The molecule has 1 amide bonds. The van der Waals surface area contributed by atoms with Gasteiger partial charge in [-0.05, 0) is 44.2 Å². The van der Waals surface area contributed by atoms with Crippen molar-refractivity contribution in [1.29, 1.82) is 0 Å². The van der Waals surface area contributed by atoms with E-state index in [-0.39, 0.29) is 5.91 Å². The van der Waals surface area contributed by atoms with E-state index >= 15 is 0 Å². The van der Waals surface area contributed by atoms with Crippen LogP contribution in [0.4, 0.5) is 5.69 Å². The topological polar surface area (TPSA) is 47.6 Å². The van der Waals surface area contributed by atoms with Gasteiger partial charge < -0.3 is 14.8 Å². The number of fused-ring (bicyclic) bond motifs is 1. The lowest BCUT2D eigenvalue weighted by atomic mass is 9.98. The summed E-state index contributed by atoms with van der Waals surface area (Å²) in [5, 5.41) is 5.07. The zero-order valence-corrected chi connectivity index (χ0v) is 15.3. The second-order valence-corrected chi connectivity index (χ2v) is 6.90. The van der Waals surface area contributed by atoms with E-state index in [1.54, 1.807) is 7.11 Å². The highest BCUT2D eigenvalue weighted by Crippen LogP contribution is 2.42. The number of carbonyl (C=O) groups excluding carboxylic acids is 1. The standard InChI is InChI=1S/C21H27NO3/c1-4-5-14-25-19-13-12-18(16-8-6-7-9-17(16)19)22-20(23)21(2,24-3)15-10-11-15/h6-9,12-13,15H,4-5,10-11,14H2,1-3H3,(H,22,23). The fourth-order valence-corrected chi connectivity index (χ4v) is 3.16. The Morgan fingerprint density at radius 1 is 1.20 bits per heavy atom. The predicted octanol–water partition coefficient (Wildman–Crippen LogP) is 4.77. The molecule has 1 fully saturated rings. The van der Waals surface area contributed by atoms with Crippen molar-refractivity contribution < 1.29 is 14.3 Å². The first-order valence-corrected chi connectivity index (χ1v) is 9.11. The SMILES string of the molecule is CCCCOc1ccc(NC(=O)C(C)(OC)C2CC2)c2ccccc12. The Bertz CT molecular complexity index is 754. The van der Waals surface area contributed by atoms with Crippen molar-refractivity contribution in [1.82, 2.24) is 0 Å². The van der Waals surface area contributed by atoms with Gasteiger partial charge in [0, 0.05) is 23.6 Å². The van der Waals surface area contributed by atoms with E-state index in [1.807, 2.05) is 43.3 Å². The van der Waals surface area contributed by atoms with Crippen LogP contribution in [0.25, 0.3) is 10.8 Å². The molecule has 1 aliphatic carbocycles. The highest BCUT2D eigenvalue weighted by Gasteiger charge is 2.47. The van der Waals surface area contributed by atoms with Crippen molar-refractivity contribution in [2.75, 3.05) is 19.0 Å². The van der Waals surface area contributed by atoms with Crippen molar-refractivity contribution in [3.05, 3.63) is 36.4 Å². The molecule has 4 heteroatoms. The molecular weight excluding hydrogens is 314 g/mol. The molecule has 1 atom stereocenters. The zero-order valence-electron chi connectivity index (χ0n) is 15.3. The van der Waals surface area contributed by atoms with Crippen LogP contribution in [0.15, 0.2) is 36.4 Å². The third kappa shape index (κ3) is 3.64.